The Bertz CT molecular complexity index is 1470. The first-order valence-electron chi connectivity index (χ1n) is 11.5. The summed E-state index contributed by atoms with van der Waals surface area (Å²) in [6.07, 6.45) is 5.75. The highest BCUT2D eigenvalue weighted by molar-refractivity contribution is 6.24. The summed E-state index contributed by atoms with van der Waals surface area (Å²) in [5, 5.41) is 12.6. The van der Waals surface area contributed by atoms with Gasteiger partial charge in [-0.3, -0.25) is 25.2 Å². The van der Waals surface area contributed by atoms with Crippen LogP contribution in [0.2, 0.25) is 0 Å². The molecule has 1 aromatic carbocycles. The van der Waals surface area contributed by atoms with Gasteiger partial charge in [-0.15, -0.1) is 10.2 Å². The molecule has 6 rings (SSSR count). The maximum Gasteiger partial charge on any atom is 0.328 e. The van der Waals surface area contributed by atoms with Crippen LogP contribution in [0.1, 0.15) is 12.8 Å². The van der Waals surface area contributed by atoms with Crippen LogP contribution in [-0.2, 0) is 9.59 Å². The minimum absolute atomic E-state index is 0.298. The van der Waals surface area contributed by atoms with E-state index in [-0.39, 0.29) is 0 Å². The van der Waals surface area contributed by atoms with Gasteiger partial charge in [-0.1, -0.05) is 0 Å². The van der Waals surface area contributed by atoms with Crippen molar-refractivity contribution in [3.05, 3.63) is 67.1 Å². The highest BCUT2D eigenvalue weighted by Gasteiger charge is 2.57. The number of benzene rings is 1. The molecule has 37 heavy (non-hydrogen) atoms. The third-order valence-corrected chi connectivity index (χ3v) is 6.29. The van der Waals surface area contributed by atoms with Gasteiger partial charge in [-0.25, -0.2) is 9.78 Å². The van der Waals surface area contributed by atoms with Gasteiger partial charge in [0.15, 0.2) is 5.54 Å². The number of urea groups is 1. The van der Waals surface area contributed by atoms with Gasteiger partial charge < -0.3 is 14.1 Å². The number of aromatic nitrogens is 4. The SMILES string of the molecule is O=C1NC(=O)C2(CCCN2c2ccc(Oc3ccc(-c4nnc(-c5ccncc5)o4)cc3)nc2)C(=O)N1. The number of anilines is 1. The normalized spacial score (nSPS) is 16.5. The van der Waals surface area contributed by atoms with Gasteiger partial charge in [0.25, 0.3) is 11.8 Å². The summed E-state index contributed by atoms with van der Waals surface area (Å²) in [5.41, 5.74) is 0.604. The first-order valence-corrected chi connectivity index (χ1v) is 11.5. The van der Waals surface area contributed by atoms with Gasteiger partial charge in [0, 0.05) is 36.1 Å². The molecule has 4 aromatic rings. The second kappa shape index (κ2) is 8.82. The van der Waals surface area contributed by atoms with Gasteiger partial charge in [0.1, 0.15) is 5.75 Å². The molecule has 2 saturated heterocycles. The van der Waals surface area contributed by atoms with E-state index in [1.165, 1.54) is 6.20 Å². The van der Waals surface area contributed by atoms with Crippen LogP contribution in [0.15, 0.2) is 71.5 Å². The molecule has 2 aliphatic heterocycles. The van der Waals surface area contributed by atoms with Crippen molar-refractivity contribution < 1.29 is 23.5 Å². The second-order valence-corrected chi connectivity index (χ2v) is 8.48. The van der Waals surface area contributed by atoms with Crippen molar-refractivity contribution >= 4 is 23.5 Å². The van der Waals surface area contributed by atoms with Crippen molar-refractivity contribution in [3.63, 3.8) is 0 Å². The Kier molecular flexibility index (Phi) is 5.33. The van der Waals surface area contributed by atoms with Crippen LogP contribution < -0.4 is 20.3 Å². The Morgan fingerprint density at radius 3 is 2.19 bits per heavy atom. The van der Waals surface area contributed by atoms with Gasteiger partial charge >= 0.3 is 6.03 Å². The molecule has 2 aliphatic rings. The van der Waals surface area contributed by atoms with E-state index in [9.17, 15) is 14.4 Å². The third kappa shape index (κ3) is 3.93. The molecule has 3 aromatic heterocycles. The van der Waals surface area contributed by atoms with E-state index in [4.69, 9.17) is 9.15 Å². The molecule has 4 amide bonds. The summed E-state index contributed by atoms with van der Waals surface area (Å²) in [5.74, 6) is 0.381. The molecule has 2 fully saturated rings. The lowest BCUT2D eigenvalue weighted by Gasteiger charge is -2.38. The van der Waals surface area contributed by atoms with E-state index in [1.807, 2.05) is 0 Å². The average molecular weight is 497 g/mol. The average Bonchev–Trinajstić information content (AvgIpc) is 3.58. The highest BCUT2D eigenvalue weighted by atomic mass is 16.5. The number of ether oxygens (including phenoxy) is 1. The van der Waals surface area contributed by atoms with E-state index in [2.05, 4.69) is 30.8 Å². The van der Waals surface area contributed by atoms with Gasteiger partial charge in [0.2, 0.25) is 17.7 Å². The number of nitrogens with zero attached hydrogens (tertiary/aromatic N) is 5. The topological polar surface area (TPSA) is 152 Å². The standard InChI is InChI=1S/C25H19N7O5/c33-22-25(23(34)29-24(35)28-22)10-1-13-32(25)17-4-7-19(27-14-17)36-18-5-2-15(3-6-18)20-30-31-21(37-20)16-8-11-26-12-9-16/h2-9,11-12,14H,1,10,13H2,(H2,28,29,33,34,35). The van der Waals surface area contributed by atoms with Crippen LogP contribution >= 0.6 is 0 Å². The quantitative estimate of drug-likeness (QED) is 0.394. The zero-order chi connectivity index (χ0) is 25.4. The van der Waals surface area contributed by atoms with E-state index >= 15 is 0 Å². The van der Waals surface area contributed by atoms with E-state index in [0.29, 0.717) is 48.5 Å². The molecular weight excluding hydrogens is 478 g/mol. The number of rotatable bonds is 5. The summed E-state index contributed by atoms with van der Waals surface area (Å²) >= 11 is 0. The van der Waals surface area contributed by atoms with Gasteiger partial charge in [-0.2, -0.15) is 0 Å². The van der Waals surface area contributed by atoms with Gasteiger partial charge in [-0.05, 0) is 55.3 Å². The number of nitrogens with one attached hydrogen (secondary N) is 2. The lowest BCUT2D eigenvalue weighted by molar-refractivity contribution is -0.137. The Balaban J connectivity index is 1.16. The number of imide groups is 2. The molecule has 2 N–H and O–H groups in total. The summed E-state index contributed by atoms with van der Waals surface area (Å²) in [7, 11) is 0. The fraction of sp³-hybridized carbons (Fsp3) is 0.160. The Morgan fingerprint density at radius 2 is 1.54 bits per heavy atom. The predicted octanol–water partition coefficient (Wildman–Crippen LogP) is 2.69. The molecule has 0 saturated carbocycles. The molecule has 0 unspecified atom stereocenters. The van der Waals surface area contributed by atoms with Gasteiger partial charge in [0.05, 0.1) is 11.9 Å². The number of hydrogen-bond donors (Lipinski definition) is 2. The molecule has 0 bridgehead atoms. The molecule has 0 radical (unpaired) electrons. The summed E-state index contributed by atoms with van der Waals surface area (Å²) in [6, 6.07) is 13.2. The predicted molar refractivity (Wildman–Crippen MR) is 128 cm³/mol. The van der Waals surface area contributed by atoms with E-state index in [0.717, 1.165) is 11.1 Å². The van der Waals surface area contributed by atoms with Crippen LogP contribution in [0.4, 0.5) is 10.5 Å². The van der Waals surface area contributed by atoms with E-state index < -0.39 is 23.4 Å². The zero-order valence-corrected chi connectivity index (χ0v) is 19.2. The molecule has 12 heteroatoms. The lowest BCUT2D eigenvalue weighted by Crippen LogP contribution is -2.71. The Hall–Kier alpha value is -5.13. The monoisotopic (exact) mass is 497 g/mol. The Labute approximate surface area is 209 Å². The minimum atomic E-state index is -1.47. The number of hydrogen-bond acceptors (Lipinski definition) is 10. The molecular formula is C25H19N7O5. The summed E-state index contributed by atoms with van der Waals surface area (Å²) in [6.45, 7) is 0.469. The van der Waals surface area contributed by atoms with Crippen molar-refractivity contribution in [3.8, 4) is 34.5 Å². The van der Waals surface area contributed by atoms with Crippen LogP contribution in [-0.4, -0.2) is 50.1 Å². The van der Waals surface area contributed by atoms with Crippen LogP contribution in [0.25, 0.3) is 22.9 Å². The third-order valence-electron chi connectivity index (χ3n) is 6.29. The minimum Gasteiger partial charge on any atom is -0.439 e. The van der Waals surface area contributed by atoms with Crippen molar-refractivity contribution in [2.75, 3.05) is 11.4 Å². The maximum atomic E-state index is 12.6. The molecule has 0 aliphatic carbocycles. The van der Waals surface area contributed by atoms with Crippen molar-refractivity contribution in [1.29, 1.82) is 0 Å². The summed E-state index contributed by atoms with van der Waals surface area (Å²) in [4.78, 5) is 46.8. The van der Waals surface area contributed by atoms with Crippen molar-refractivity contribution in [1.82, 2.24) is 30.8 Å². The summed E-state index contributed by atoms with van der Waals surface area (Å²) < 4.78 is 11.6. The molecule has 1 spiro atoms. The van der Waals surface area contributed by atoms with Crippen LogP contribution in [0, 0.1) is 0 Å². The van der Waals surface area contributed by atoms with E-state index in [1.54, 1.807) is 65.8 Å². The fourth-order valence-corrected chi connectivity index (χ4v) is 4.52. The first-order chi connectivity index (χ1) is 18.0. The second-order valence-electron chi connectivity index (χ2n) is 8.48. The zero-order valence-electron chi connectivity index (χ0n) is 19.2. The molecule has 5 heterocycles. The lowest BCUT2D eigenvalue weighted by atomic mass is 9.92. The molecule has 184 valence electrons. The molecule has 0 atom stereocenters. The number of barbiturate groups is 1. The largest absolute Gasteiger partial charge is 0.439 e. The first kappa shape index (κ1) is 22.3. The number of pyridine rings is 2. The highest BCUT2D eigenvalue weighted by Crippen LogP contribution is 2.36. The van der Waals surface area contributed by atoms with Crippen molar-refractivity contribution in [2.45, 2.75) is 18.4 Å². The Morgan fingerprint density at radius 1 is 0.865 bits per heavy atom. The fourth-order valence-electron chi connectivity index (χ4n) is 4.52. The van der Waals surface area contributed by atoms with Crippen LogP contribution in [0.5, 0.6) is 11.6 Å². The number of carbonyl (C=O) groups excluding carboxylic acids is 3. The van der Waals surface area contributed by atoms with Crippen molar-refractivity contribution in [2.24, 2.45) is 0 Å². The molecule has 12 nitrogen and oxygen atoms in total. The van der Waals surface area contributed by atoms with Crippen LogP contribution in [0.3, 0.4) is 0 Å². The smallest absolute Gasteiger partial charge is 0.328 e. The number of amides is 4. The number of carbonyl (C=O) groups is 3. The maximum absolute atomic E-state index is 12.6.